The molecule has 1 amide bonds. The summed E-state index contributed by atoms with van der Waals surface area (Å²) >= 11 is 0. The van der Waals surface area contributed by atoms with Gasteiger partial charge < -0.3 is 5.32 Å². The first kappa shape index (κ1) is 28.0. The van der Waals surface area contributed by atoms with Crippen molar-refractivity contribution in [3.8, 4) is 0 Å². The Morgan fingerprint density at radius 1 is 0.892 bits per heavy atom. The monoisotopic (exact) mass is 555 g/mol. The second-order valence-corrected chi connectivity index (χ2v) is 11.8. The van der Waals surface area contributed by atoms with E-state index in [9.17, 15) is 34.8 Å². The molecule has 3 rings (SSSR count). The van der Waals surface area contributed by atoms with Gasteiger partial charge in [0.15, 0.2) is 0 Å². The summed E-state index contributed by atoms with van der Waals surface area (Å²) in [6.07, 6.45) is -3.65. The van der Waals surface area contributed by atoms with Crippen molar-refractivity contribution in [3.63, 3.8) is 0 Å². The normalized spacial score (nSPS) is 13.0. The summed E-state index contributed by atoms with van der Waals surface area (Å²) in [5.74, 6) is -0.663. The molecule has 2 N–H and O–H groups in total. The van der Waals surface area contributed by atoms with Crippen molar-refractivity contribution in [1.29, 1.82) is 0 Å². The molecule has 0 saturated heterocycles. The fraction of sp³-hybridized carbons (Fsp3) is 0.208. The van der Waals surface area contributed by atoms with Crippen molar-refractivity contribution in [3.05, 3.63) is 83.9 Å². The van der Waals surface area contributed by atoms with Gasteiger partial charge in [-0.2, -0.15) is 13.2 Å². The average molecular weight is 556 g/mol. The van der Waals surface area contributed by atoms with Crippen LogP contribution in [0.25, 0.3) is 0 Å². The number of sulfonamides is 2. The van der Waals surface area contributed by atoms with Gasteiger partial charge in [-0.05, 0) is 68.4 Å². The van der Waals surface area contributed by atoms with E-state index in [4.69, 9.17) is 0 Å². The lowest BCUT2D eigenvalue weighted by atomic mass is 10.2. The number of rotatable bonds is 8. The van der Waals surface area contributed by atoms with E-state index >= 15 is 0 Å². The Bertz CT molecular complexity index is 1490. The molecule has 37 heavy (non-hydrogen) atoms. The van der Waals surface area contributed by atoms with E-state index in [-0.39, 0.29) is 16.3 Å². The number of benzene rings is 3. The number of halogens is 3. The quantitative estimate of drug-likeness (QED) is 0.422. The highest BCUT2D eigenvalue weighted by molar-refractivity contribution is 7.92. The maximum Gasteiger partial charge on any atom is 0.416 e. The van der Waals surface area contributed by atoms with Crippen LogP contribution >= 0.6 is 0 Å². The Kier molecular flexibility index (Phi) is 7.89. The van der Waals surface area contributed by atoms with E-state index in [0.717, 1.165) is 40.4 Å². The highest BCUT2D eigenvalue weighted by Crippen LogP contribution is 2.31. The third-order valence-corrected chi connectivity index (χ3v) is 7.89. The Balaban J connectivity index is 1.76. The third kappa shape index (κ3) is 7.01. The van der Waals surface area contributed by atoms with Gasteiger partial charge in [-0.25, -0.2) is 16.8 Å². The molecule has 0 radical (unpaired) electrons. The van der Waals surface area contributed by atoms with Crippen LogP contribution in [-0.4, -0.2) is 35.0 Å². The molecule has 0 fully saturated rings. The molecule has 198 valence electrons. The Morgan fingerprint density at radius 3 is 2.03 bits per heavy atom. The zero-order valence-corrected chi connectivity index (χ0v) is 21.6. The highest BCUT2D eigenvalue weighted by Gasteiger charge is 2.31. The molecule has 0 unspecified atom stereocenters. The highest BCUT2D eigenvalue weighted by atomic mass is 32.2. The molecule has 0 aliphatic heterocycles. The van der Waals surface area contributed by atoms with Gasteiger partial charge in [-0.1, -0.05) is 23.8 Å². The van der Waals surface area contributed by atoms with Gasteiger partial charge >= 0.3 is 6.18 Å². The molecule has 0 spiro atoms. The Hall–Kier alpha value is -3.58. The van der Waals surface area contributed by atoms with Gasteiger partial charge in [-0.15, -0.1) is 0 Å². The Morgan fingerprint density at radius 2 is 1.49 bits per heavy atom. The summed E-state index contributed by atoms with van der Waals surface area (Å²) in [7, 11) is -8.05. The predicted molar refractivity (Wildman–Crippen MR) is 135 cm³/mol. The molecule has 0 aliphatic rings. The lowest BCUT2D eigenvalue weighted by Crippen LogP contribution is -2.45. The summed E-state index contributed by atoms with van der Waals surface area (Å²) in [6.45, 7) is 3.25. The largest absolute Gasteiger partial charge is 0.416 e. The first-order chi connectivity index (χ1) is 17.1. The summed E-state index contributed by atoms with van der Waals surface area (Å²) < 4.78 is 91.9. The first-order valence-corrected chi connectivity index (χ1v) is 14.1. The fourth-order valence-corrected chi connectivity index (χ4v) is 5.66. The van der Waals surface area contributed by atoms with Crippen LogP contribution in [0.5, 0.6) is 0 Å². The number of nitrogens with one attached hydrogen (secondary N) is 2. The topological polar surface area (TPSA) is 113 Å². The standard InChI is InChI=1S/C24H24F3N3O5S2/c1-16-7-11-21(12-8-16)30(36(3,32)33)17(2)23(31)28-19-9-13-22(14-10-19)37(34,35)29-20-6-4-5-18(15-20)24(25,26)27/h4-15,17,29H,1-3H3,(H,28,31)/t17-/m1/s1. The molecule has 0 heterocycles. The maximum absolute atomic E-state index is 12.9. The second kappa shape index (κ2) is 10.4. The summed E-state index contributed by atoms with van der Waals surface area (Å²) in [6, 6.07) is 14.1. The number of nitrogens with zero attached hydrogens (tertiary/aromatic N) is 1. The zero-order valence-electron chi connectivity index (χ0n) is 19.9. The van der Waals surface area contributed by atoms with E-state index in [1.54, 1.807) is 24.3 Å². The van der Waals surface area contributed by atoms with Crippen molar-refractivity contribution < 1.29 is 34.8 Å². The average Bonchev–Trinajstić information content (AvgIpc) is 2.79. The van der Waals surface area contributed by atoms with Crippen LogP contribution in [0.2, 0.25) is 0 Å². The molecule has 13 heteroatoms. The third-order valence-electron chi connectivity index (χ3n) is 5.25. The van der Waals surface area contributed by atoms with Crippen LogP contribution < -0.4 is 14.3 Å². The smallest absolute Gasteiger partial charge is 0.324 e. The van der Waals surface area contributed by atoms with Gasteiger partial charge in [0, 0.05) is 11.4 Å². The number of aryl methyl sites for hydroxylation is 1. The molecule has 3 aromatic carbocycles. The van der Waals surface area contributed by atoms with Gasteiger partial charge in [0.25, 0.3) is 10.0 Å². The molecule has 1 atom stereocenters. The van der Waals surface area contributed by atoms with Gasteiger partial charge in [0.1, 0.15) is 6.04 Å². The van der Waals surface area contributed by atoms with Crippen molar-refractivity contribution in [2.24, 2.45) is 0 Å². The minimum absolute atomic E-state index is 0.187. The molecule has 0 aromatic heterocycles. The number of carbonyl (C=O) groups excluding carboxylic acids is 1. The molecule has 0 bridgehead atoms. The predicted octanol–water partition coefficient (Wildman–Crippen LogP) is 4.61. The summed E-state index contributed by atoms with van der Waals surface area (Å²) in [5.41, 5.74) is 0.128. The molecular weight excluding hydrogens is 531 g/mol. The minimum atomic E-state index is -4.63. The van der Waals surface area contributed by atoms with E-state index in [0.29, 0.717) is 11.8 Å². The van der Waals surface area contributed by atoms with Crippen LogP contribution in [0.15, 0.2) is 77.7 Å². The number of amides is 1. The first-order valence-electron chi connectivity index (χ1n) is 10.7. The van der Waals surface area contributed by atoms with E-state index in [2.05, 4.69) is 10.0 Å². The Labute approximate surface area is 213 Å². The van der Waals surface area contributed by atoms with Crippen molar-refractivity contribution in [2.45, 2.75) is 31.0 Å². The number of hydrogen-bond donors (Lipinski definition) is 2. The van der Waals surface area contributed by atoms with Crippen molar-refractivity contribution >= 4 is 43.0 Å². The van der Waals surface area contributed by atoms with Crippen LogP contribution in [0.3, 0.4) is 0 Å². The summed E-state index contributed by atoms with van der Waals surface area (Å²) in [4.78, 5) is 12.6. The van der Waals surface area contributed by atoms with E-state index in [1.807, 2.05) is 6.92 Å². The van der Waals surface area contributed by atoms with Gasteiger partial charge in [-0.3, -0.25) is 13.8 Å². The lowest BCUT2D eigenvalue weighted by molar-refractivity contribution is -0.137. The van der Waals surface area contributed by atoms with Crippen molar-refractivity contribution in [1.82, 2.24) is 0 Å². The SMILES string of the molecule is Cc1ccc(N([C@H](C)C(=O)Nc2ccc(S(=O)(=O)Nc3cccc(C(F)(F)F)c3)cc2)S(C)(=O)=O)cc1. The molecule has 8 nitrogen and oxygen atoms in total. The zero-order chi connectivity index (χ0) is 27.6. The maximum atomic E-state index is 12.9. The fourth-order valence-electron chi connectivity index (χ4n) is 3.44. The number of hydrogen-bond acceptors (Lipinski definition) is 5. The van der Waals surface area contributed by atoms with Gasteiger partial charge in [0.2, 0.25) is 15.9 Å². The molecule has 0 aliphatic carbocycles. The number of anilines is 3. The molecule has 3 aromatic rings. The molecule has 0 saturated carbocycles. The van der Waals surface area contributed by atoms with Gasteiger partial charge in [0.05, 0.1) is 22.4 Å². The molecular formula is C24H24F3N3O5S2. The summed E-state index contributed by atoms with van der Waals surface area (Å²) in [5, 5.41) is 2.54. The number of carbonyl (C=O) groups is 1. The second-order valence-electron chi connectivity index (χ2n) is 8.27. The lowest BCUT2D eigenvalue weighted by Gasteiger charge is -2.28. The van der Waals surface area contributed by atoms with E-state index in [1.165, 1.54) is 25.1 Å². The van der Waals surface area contributed by atoms with Crippen LogP contribution in [-0.2, 0) is 31.0 Å². The van der Waals surface area contributed by atoms with Crippen LogP contribution in [0.1, 0.15) is 18.1 Å². The van der Waals surface area contributed by atoms with Crippen molar-refractivity contribution in [2.75, 3.05) is 20.6 Å². The van der Waals surface area contributed by atoms with Crippen LogP contribution in [0.4, 0.5) is 30.2 Å². The number of alkyl halides is 3. The minimum Gasteiger partial charge on any atom is -0.324 e. The van der Waals surface area contributed by atoms with Crippen LogP contribution in [0, 0.1) is 6.92 Å². The van der Waals surface area contributed by atoms with E-state index < -0.39 is 43.7 Å².